The molecule has 0 aromatic rings. The molecule has 0 aliphatic rings. The van der Waals surface area contributed by atoms with Gasteiger partial charge in [0.05, 0.1) is 26.4 Å². The number of allylic oxidation sites excluding steroid dienone is 16. The fourth-order valence-electron chi connectivity index (χ4n) is 10.0. The molecule has 0 heterocycles. The summed E-state index contributed by atoms with van der Waals surface area (Å²) in [4.78, 5) is 58.4. The predicted octanol–water partition coefficient (Wildman–Crippen LogP) is 21.4. The first-order valence-electron chi connectivity index (χ1n) is 37.5. The molecule has 0 aromatic carbocycles. The van der Waals surface area contributed by atoms with Crippen LogP contribution in [0.4, 0.5) is 0 Å². The Balaban J connectivity index is 4.35. The number of carbonyl (C=O) groups excluding carboxylic acids is 3. The van der Waals surface area contributed by atoms with E-state index >= 15 is 0 Å². The number of aliphatic hydroxyl groups is 2. The van der Waals surface area contributed by atoms with Crippen molar-refractivity contribution in [3.63, 3.8) is 0 Å². The molecule has 95 heavy (non-hydrogen) atoms. The van der Waals surface area contributed by atoms with Crippen molar-refractivity contribution in [3.8, 4) is 0 Å². The maximum Gasteiger partial charge on any atom is 0.472 e. The van der Waals surface area contributed by atoms with Gasteiger partial charge in [0, 0.05) is 19.3 Å². The Labute approximate surface area is 578 Å². The van der Waals surface area contributed by atoms with E-state index in [0.29, 0.717) is 19.3 Å². The molecule has 16 nitrogen and oxygen atoms in total. The quantitative estimate of drug-likeness (QED) is 0.0146. The van der Waals surface area contributed by atoms with E-state index in [4.69, 9.17) is 32.3 Å². The lowest BCUT2D eigenvalue weighted by molar-refractivity contribution is -0.161. The summed E-state index contributed by atoms with van der Waals surface area (Å²) in [5.74, 6) is -1.59. The van der Waals surface area contributed by atoms with Crippen molar-refractivity contribution in [1.82, 2.24) is 0 Å². The summed E-state index contributed by atoms with van der Waals surface area (Å²) in [6.45, 7) is 2.52. The first-order valence-corrected chi connectivity index (χ1v) is 40.5. The van der Waals surface area contributed by atoms with E-state index in [9.17, 15) is 43.5 Å². The molecule has 0 aromatic heterocycles. The summed E-state index contributed by atoms with van der Waals surface area (Å²) in [5, 5.41) is 20.6. The third-order valence-electron chi connectivity index (χ3n) is 15.8. The largest absolute Gasteiger partial charge is 0.472 e. The van der Waals surface area contributed by atoms with Crippen LogP contribution in [0.2, 0.25) is 0 Å². The summed E-state index contributed by atoms with van der Waals surface area (Å²) < 4.78 is 60.9. The lowest BCUT2D eigenvalue weighted by Gasteiger charge is -2.21. The number of carbonyl (C=O) groups is 3. The van der Waals surface area contributed by atoms with Crippen LogP contribution in [0.3, 0.4) is 0 Å². The summed E-state index contributed by atoms with van der Waals surface area (Å²) in [5.41, 5.74) is 0. The summed E-state index contributed by atoms with van der Waals surface area (Å²) in [7, 11) is -9.77. The van der Waals surface area contributed by atoms with Crippen molar-refractivity contribution >= 4 is 33.6 Å². The summed E-state index contributed by atoms with van der Waals surface area (Å²) in [6.07, 6.45) is 79.1. The average molecular weight is 1380 g/mol. The Hall–Kier alpha value is -3.53. The van der Waals surface area contributed by atoms with Gasteiger partial charge in [0.15, 0.2) is 6.10 Å². The maximum absolute atomic E-state index is 12.9. The van der Waals surface area contributed by atoms with E-state index < -0.39 is 91.5 Å². The van der Waals surface area contributed by atoms with Gasteiger partial charge in [-0.25, -0.2) is 9.13 Å². The molecule has 550 valence electrons. The van der Waals surface area contributed by atoms with E-state index in [1.54, 1.807) is 0 Å². The normalized spacial score (nSPS) is 14.6. The van der Waals surface area contributed by atoms with Crippen LogP contribution < -0.4 is 0 Å². The van der Waals surface area contributed by atoms with Gasteiger partial charge in [0.25, 0.3) is 0 Å². The minimum Gasteiger partial charge on any atom is -0.463 e. The first kappa shape index (κ1) is 91.5. The molecule has 0 fully saturated rings. The van der Waals surface area contributed by atoms with E-state index in [-0.39, 0.29) is 19.3 Å². The van der Waals surface area contributed by atoms with Crippen LogP contribution in [0, 0.1) is 0 Å². The number of unbranched alkanes of at least 4 members (excludes halogenated alkanes) is 32. The van der Waals surface area contributed by atoms with Crippen molar-refractivity contribution in [3.05, 3.63) is 97.2 Å². The number of ether oxygens (including phenoxy) is 3. The van der Waals surface area contributed by atoms with E-state index in [0.717, 1.165) is 141 Å². The zero-order valence-electron chi connectivity index (χ0n) is 59.8. The van der Waals surface area contributed by atoms with Gasteiger partial charge in [-0.2, -0.15) is 0 Å². The summed E-state index contributed by atoms with van der Waals surface area (Å²) >= 11 is 0. The third kappa shape index (κ3) is 71.6. The second-order valence-corrected chi connectivity index (χ2v) is 28.0. The highest BCUT2D eigenvalue weighted by atomic mass is 31.2. The Morgan fingerprint density at radius 2 is 0.558 bits per heavy atom. The van der Waals surface area contributed by atoms with Crippen LogP contribution in [0.5, 0.6) is 0 Å². The van der Waals surface area contributed by atoms with Crippen LogP contribution in [0.1, 0.15) is 316 Å². The van der Waals surface area contributed by atoms with Gasteiger partial charge in [-0.1, -0.05) is 272 Å². The van der Waals surface area contributed by atoms with E-state index in [1.807, 2.05) is 0 Å². The van der Waals surface area contributed by atoms with Crippen molar-refractivity contribution in [2.75, 3.05) is 39.6 Å². The molecule has 0 saturated heterocycles. The number of hydrogen-bond acceptors (Lipinski definition) is 14. The van der Waals surface area contributed by atoms with E-state index in [1.165, 1.54) is 116 Å². The van der Waals surface area contributed by atoms with Crippen molar-refractivity contribution in [1.29, 1.82) is 0 Å². The number of hydrogen-bond donors (Lipinski definition) is 4. The minimum absolute atomic E-state index is 0.0950. The van der Waals surface area contributed by atoms with Crippen LogP contribution in [0.15, 0.2) is 97.2 Å². The Morgan fingerprint density at radius 1 is 0.305 bits per heavy atom. The molecule has 0 radical (unpaired) electrons. The van der Waals surface area contributed by atoms with E-state index in [2.05, 4.69) is 118 Å². The van der Waals surface area contributed by atoms with Crippen molar-refractivity contribution < 1.29 is 75.8 Å². The van der Waals surface area contributed by atoms with Gasteiger partial charge in [-0.3, -0.25) is 32.5 Å². The van der Waals surface area contributed by atoms with Gasteiger partial charge < -0.3 is 34.2 Å². The molecule has 0 spiro atoms. The monoisotopic (exact) mass is 1380 g/mol. The van der Waals surface area contributed by atoms with Gasteiger partial charge in [-0.05, 0) is 122 Å². The Bertz CT molecular complexity index is 2120. The summed E-state index contributed by atoms with van der Waals surface area (Å²) in [6, 6.07) is 0. The molecule has 0 aliphatic heterocycles. The number of aliphatic hydroxyl groups excluding tert-OH is 2. The minimum atomic E-state index is -4.92. The predicted molar refractivity (Wildman–Crippen MR) is 390 cm³/mol. The third-order valence-corrected chi connectivity index (χ3v) is 17.7. The van der Waals surface area contributed by atoms with Gasteiger partial charge in [-0.15, -0.1) is 0 Å². The zero-order valence-corrected chi connectivity index (χ0v) is 61.6. The molecule has 0 bridgehead atoms. The van der Waals surface area contributed by atoms with Gasteiger partial charge in [0.1, 0.15) is 25.4 Å². The Kier molecular flexibility index (Phi) is 67.7. The molecular formula is C77H136O16P2. The smallest absolute Gasteiger partial charge is 0.463 e. The zero-order chi connectivity index (χ0) is 69.5. The van der Waals surface area contributed by atoms with Crippen molar-refractivity contribution in [2.24, 2.45) is 0 Å². The molecule has 5 unspecified atom stereocenters. The molecule has 0 aliphatic carbocycles. The number of rotatable bonds is 71. The number of esters is 3. The lowest BCUT2D eigenvalue weighted by atomic mass is 10.0. The standard InChI is InChI=1S/C77H136O16P2/c1-4-7-10-13-16-19-22-25-26-27-28-29-30-31-32-33-34-35-36-37-38-39-40-41-42-43-44-47-49-51-54-57-60-63-75(80)87-66-72(78)67-89-94(83,84)90-68-73(79)69-91-95(85,86)92-71-74(93-77(82)65-62-59-56-53-50-46-24-21-18-15-12-9-6-3)70-88-76(81)64-61-58-55-52-48-45-23-20-17-14-11-8-5-2/h7,10,16,19-21,23-26,28-29,31-32,34-35,72-74,78-79H,4-6,8-9,11-15,17-18,22,27,30,33,36-71H2,1-3H3,(H,83,84)(H,85,86)/b10-7-,19-16-,23-20-,24-21-,26-25-,29-28-,32-31-,35-34-. The number of phosphoric acid groups is 2. The fourth-order valence-corrected chi connectivity index (χ4v) is 11.6. The molecule has 0 saturated carbocycles. The van der Waals surface area contributed by atoms with Crippen LogP contribution in [-0.4, -0.2) is 95.9 Å². The molecule has 18 heteroatoms. The molecular weight excluding hydrogens is 1240 g/mol. The van der Waals surface area contributed by atoms with Gasteiger partial charge >= 0.3 is 33.6 Å². The Morgan fingerprint density at radius 3 is 0.895 bits per heavy atom. The topological polar surface area (TPSA) is 231 Å². The molecule has 4 N–H and O–H groups in total. The van der Waals surface area contributed by atoms with Crippen LogP contribution >= 0.6 is 15.6 Å². The highest BCUT2D eigenvalue weighted by Crippen LogP contribution is 2.45. The average Bonchev–Trinajstić information content (AvgIpc) is 2.18. The fraction of sp³-hybridized carbons (Fsp3) is 0.753. The van der Waals surface area contributed by atoms with Gasteiger partial charge in [0.2, 0.25) is 0 Å². The SMILES string of the molecule is CC/C=C\C/C=C\C/C=C\C/C=C\C/C=C\C/C=C\CCCCCCCCCCCCCCCCC(=O)OCC(O)COP(=O)(O)OCC(O)COP(=O)(O)OCC(COC(=O)CCCCCCC/C=C\CCCCCC)OC(=O)CCCCCCC/C=C\CCCCCC. The molecule has 0 amide bonds. The molecule has 5 atom stereocenters. The highest BCUT2D eigenvalue weighted by molar-refractivity contribution is 7.47. The maximum atomic E-state index is 12.9. The number of phosphoric ester groups is 2. The molecule has 0 rings (SSSR count). The first-order chi connectivity index (χ1) is 46.2. The van der Waals surface area contributed by atoms with Crippen LogP contribution in [0.25, 0.3) is 0 Å². The highest BCUT2D eigenvalue weighted by Gasteiger charge is 2.29. The second kappa shape index (κ2) is 70.3. The van der Waals surface area contributed by atoms with Crippen molar-refractivity contribution in [2.45, 2.75) is 334 Å². The van der Waals surface area contributed by atoms with Crippen LogP contribution in [-0.2, 0) is 55.8 Å². The second-order valence-electron chi connectivity index (χ2n) is 25.1. The lowest BCUT2D eigenvalue weighted by Crippen LogP contribution is -2.30.